The zero-order chi connectivity index (χ0) is 33.8. The third-order valence-electron chi connectivity index (χ3n) is 6.35. The molecule has 0 aliphatic carbocycles. The highest BCUT2D eigenvalue weighted by Crippen LogP contribution is 2.24. The van der Waals surface area contributed by atoms with Crippen LogP contribution >= 0.6 is 21.6 Å². The van der Waals surface area contributed by atoms with Crippen LogP contribution in [0.1, 0.15) is 26.3 Å². The number of hydrogen-bond donors (Lipinski definition) is 3. The zero-order valence-electron chi connectivity index (χ0n) is 26.2. The van der Waals surface area contributed by atoms with Gasteiger partial charge in [0.2, 0.25) is 0 Å². The summed E-state index contributed by atoms with van der Waals surface area (Å²) in [5.41, 5.74) is -0.959. The molecule has 0 saturated heterocycles. The lowest BCUT2D eigenvalue weighted by atomic mass is 9.93. The molecule has 13 nitrogen and oxygen atoms in total. The maximum absolute atomic E-state index is 13.1. The van der Waals surface area contributed by atoms with Crippen LogP contribution in [0, 0.1) is 5.41 Å². The summed E-state index contributed by atoms with van der Waals surface area (Å²) in [6, 6.07) is 11.4. The van der Waals surface area contributed by atoms with Crippen LogP contribution < -0.4 is 10.1 Å². The molecule has 0 aliphatic heterocycles. The number of carbonyl (C=O) groups is 4. The van der Waals surface area contributed by atoms with Gasteiger partial charge in [-0.15, -0.1) is 0 Å². The molecule has 2 aromatic rings. The van der Waals surface area contributed by atoms with E-state index < -0.39 is 42.8 Å². The van der Waals surface area contributed by atoms with E-state index in [9.17, 15) is 29.4 Å². The first-order chi connectivity index (χ1) is 22.0. The van der Waals surface area contributed by atoms with Crippen molar-refractivity contribution in [1.82, 2.24) is 10.2 Å². The summed E-state index contributed by atoms with van der Waals surface area (Å²) in [6.07, 6.45) is -1.68. The Hall–Kier alpha value is -3.82. The quantitative estimate of drug-likeness (QED) is 0.0590. The molecule has 1 atom stereocenters. The second kappa shape index (κ2) is 21.1. The number of alkyl carbamates (subject to hydrolysis) is 1. The molecule has 0 bridgehead atoms. The number of phenolic OH excluding ortho intramolecular Hbond substituents is 2. The number of amides is 1. The van der Waals surface area contributed by atoms with Gasteiger partial charge < -0.3 is 44.1 Å². The molecule has 254 valence electrons. The molecule has 2 aromatic carbocycles. The monoisotopic (exact) mass is 682 g/mol. The highest BCUT2D eigenvalue weighted by atomic mass is 33.1. The van der Waals surface area contributed by atoms with Crippen LogP contribution in [0.3, 0.4) is 0 Å². The standard InChI is InChI=1S/C31H42N2O11S2/c1-4-33(5-2)15-14-32-29(38)41-17-19-46-45-18-16-40-28(37)31(3,21-42-27(36)20-23-6-8-24(34)9-7-23)22-43-30(39)44-26-12-10-25(35)11-13-26/h6-13,34-35H,4-5,14-22H2,1-3H3,(H,32,38). The van der Waals surface area contributed by atoms with Crippen molar-refractivity contribution in [1.29, 1.82) is 0 Å². The molecule has 1 unspecified atom stereocenters. The fourth-order valence-corrected chi connectivity index (χ4v) is 5.28. The Morgan fingerprint density at radius 3 is 1.98 bits per heavy atom. The second-order valence-electron chi connectivity index (χ2n) is 10.1. The smallest absolute Gasteiger partial charge is 0.508 e. The van der Waals surface area contributed by atoms with Gasteiger partial charge in [0.1, 0.15) is 49.1 Å². The third kappa shape index (κ3) is 15.5. The van der Waals surface area contributed by atoms with Gasteiger partial charge in [0.15, 0.2) is 0 Å². The number of nitrogens with one attached hydrogen (secondary N) is 1. The molecule has 0 aromatic heterocycles. The molecular formula is C31H42N2O11S2. The van der Waals surface area contributed by atoms with Crippen molar-refractivity contribution < 1.29 is 53.1 Å². The van der Waals surface area contributed by atoms with E-state index in [2.05, 4.69) is 24.1 Å². The van der Waals surface area contributed by atoms with Crippen molar-refractivity contribution in [3.05, 3.63) is 54.1 Å². The Morgan fingerprint density at radius 1 is 0.804 bits per heavy atom. The van der Waals surface area contributed by atoms with Gasteiger partial charge in [-0.3, -0.25) is 9.59 Å². The molecule has 0 saturated carbocycles. The average Bonchev–Trinajstić information content (AvgIpc) is 3.04. The van der Waals surface area contributed by atoms with E-state index in [1.807, 2.05) is 0 Å². The Morgan fingerprint density at radius 2 is 1.37 bits per heavy atom. The van der Waals surface area contributed by atoms with E-state index in [0.29, 0.717) is 23.6 Å². The molecule has 46 heavy (non-hydrogen) atoms. The SMILES string of the molecule is CCN(CC)CCNC(=O)OCCSSCCOC(=O)C(C)(COC(=O)Cc1ccc(O)cc1)COC(=O)Oc1ccc(O)cc1. The second-order valence-corrected chi connectivity index (χ2v) is 12.8. The van der Waals surface area contributed by atoms with Crippen LogP contribution in [0.5, 0.6) is 17.2 Å². The first-order valence-electron chi connectivity index (χ1n) is 14.7. The van der Waals surface area contributed by atoms with Crippen molar-refractivity contribution >= 4 is 45.8 Å². The van der Waals surface area contributed by atoms with Gasteiger partial charge in [-0.05, 0) is 62.0 Å². The largest absolute Gasteiger partial charge is 0.513 e. The molecule has 15 heteroatoms. The number of benzene rings is 2. The maximum Gasteiger partial charge on any atom is 0.513 e. The Bertz CT molecular complexity index is 1160. The van der Waals surface area contributed by atoms with E-state index in [0.717, 1.165) is 19.6 Å². The fourth-order valence-electron chi connectivity index (χ4n) is 3.62. The van der Waals surface area contributed by atoms with E-state index in [4.69, 9.17) is 23.7 Å². The lowest BCUT2D eigenvalue weighted by molar-refractivity contribution is -0.165. The van der Waals surface area contributed by atoms with Crippen molar-refractivity contribution in [2.45, 2.75) is 27.2 Å². The number of hydrogen-bond acceptors (Lipinski definition) is 14. The lowest BCUT2D eigenvalue weighted by Crippen LogP contribution is -2.41. The van der Waals surface area contributed by atoms with Crippen LogP contribution in [-0.4, -0.2) is 103 Å². The van der Waals surface area contributed by atoms with Crippen LogP contribution in [0.2, 0.25) is 0 Å². The molecule has 3 N–H and O–H groups in total. The predicted octanol–water partition coefficient (Wildman–Crippen LogP) is 4.40. The van der Waals surface area contributed by atoms with Gasteiger partial charge in [-0.25, -0.2) is 9.59 Å². The molecule has 1 amide bonds. The highest BCUT2D eigenvalue weighted by Gasteiger charge is 2.39. The molecule has 0 radical (unpaired) electrons. The van der Waals surface area contributed by atoms with Crippen LogP contribution in [0.15, 0.2) is 48.5 Å². The summed E-state index contributed by atoms with van der Waals surface area (Å²) in [7, 11) is 2.87. The number of nitrogens with zero attached hydrogens (tertiary/aromatic N) is 1. The summed E-state index contributed by atoms with van der Waals surface area (Å²) in [5, 5.41) is 21.5. The van der Waals surface area contributed by atoms with Gasteiger partial charge in [0.05, 0.1) is 6.42 Å². The Labute approximate surface area is 276 Å². The molecular weight excluding hydrogens is 640 g/mol. The van der Waals surface area contributed by atoms with Gasteiger partial charge in [-0.2, -0.15) is 0 Å². The number of aromatic hydroxyl groups is 2. The van der Waals surface area contributed by atoms with Crippen LogP contribution in [0.25, 0.3) is 0 Å². The van der Waals surface area contributed by atoms with Gasteiger partial charge in [0, 0.05) is 24.6 Å². The number of likely N-dealkylation sites (N-methyl/N-ethyl adjacent to an activating group) is 1. The third-order valence-corrected chi connectivity index (χ3v) is 8.68. The molecule has 0 spiro atoms. The van der Waals surface area contributed by atoms with E-state index >= 15 is 0 Å². The van der Waals surface area contributed by atoms with Crippen molar-refractivity contribution in [3.8, 4) is 17.2 Å². The zero-order valence-corrected chi connectivity index (χ0v) is 27.9. The molecule has 2 rings (SSSR count). The summed E-state index contributed by atoms with van der Waals surface area (Å²) < 4.78 is 26.1. The number of ether oxygens (including phenoxy) is 5. The van der Waals surface area contributed by atoms with Crippen LogP contribution in [-0.2, 0) is 35.0 Å². The minimum atomic E-state index is -1.55. The normalized spacial score (nSPS) is 12.1. The lowest BCUT2D eigenvalue weighted by Gasteiger charge is -2.26. The summed E-state index contributed by atoms with van der Waals surface area (Å²) in [5.74, 6) is -0.276. The number of phenols is 2. The number of rotatable bonds is 20. The maximum atomic E-state index is 13.1. The fraction of sp³-hybridized carbons (Fsp3) is 0.484. The number of carbonyl (C=O) groups excluding carboxylic acids is 4. The summed E-state index contributed by atoms with van der Waals surface area (Å²) in [4.78, 5) is 51.8. The first kappa shape index (κ1) is 38.4. The van der Waals surface area contributed by atoms with Gasteiger partial charge in [-0.1, -0.05) is 47.6 Å². The van der Waals surface area contributed by atoms with E-state index in [-0.39, 0.29) is 36.9 Å². The summed E-state index contributed by atoms with van der Waals surface area (Å²) in [6.45, 7) is 7.94. The van der Waals surface area contributed by atoms with Gasteiger partial charge >= 0.3 is 24.2 Å². The predicted molar refractivity (Wildman–Crippen MR) is 174 cm³/mol. The van der Waals surface area contributed by atoms with E-state index in [1.165, 1.54) is 64.9 Å². The molecule has 0 aliphatic rings. The minimum absolute atomic E-state index is 0.0145. The Kier molecular flexibility index (Phi) is 17.6. The minimum Gasteiger partial charge on any atom is -0.508 e. The van der Waals surface area contributed by atoms with E-state index in [1.54, 1.807) is 12.1 Å². The van der Waals surface area contributed by atoms with Crippen molar-refractivity contribution in [3.63, 3.8) is 0 Å². The first-order valence-corrected chi connectivity index (χ1v) is 17.1. The number of esters is 2. The molecule has 0 fully saturated rings. The highest BCUT2D eigenvalue weighted by molar-refractivity contribution is 8.76. The van der Waals surface area contributed by atoms with Crippen LogP contribution in [0.4, 0.5) is 9.59 Å². The average molecular weight is 683 g/mol. The molecule has 0 heterocycles. The van der Waals surface area contributed by atoms with Crippen molar-refractivity contribution in [2.24, 2.45) is 5.41 Å². The topological polar surface area (TPSA) is 170 Å². The summed E-state index contributed by atoms with van der Waals surface area (Å²) >= 11 is 0. The van der Waals surface area contributed by atoms with Crippen molar-refractivity contribution in [2.75, 3.05) is 64.1 Å². The van der Waals surface area contributed by atoms with Gasteiger partial charge in [0.25, 0.3) is 0 Å². The Balaban J connectivity index is 1.78.